The van der Waals surface area contributed by atoms with Gasteiger partial charge in [-0.15, -0.1) is 0 Å². The maximum absolute atomic E-state index is 11.8. The molecule has 0 saturated heterocycles. The van der Waals surface area contributed by atoms with Crippen molar-refractivity contribution < 1.29 is 4.79 Å². The first-order valence-corrected chi connectivity index (χ1v) is 11.7. The lowest BCUT2D eigenvalue weighted by Crippen LogP contribution is -2.44. The zero-order valence-electron chi connectivity index (χ0n) is 18.7. The number of nitrogens with zero attached hydrogens (tertiary/aromatic N) is 4. The third-order valence-electron chi connectivity index (χ3n) is 5.78. The number of anilines is 1. The number of halogens is 1. The minimum atomic E-state index is -0.0880. The number of benzene rings is 1. The van der Waals surface area contributed by atoms with Gasteiger partial charge in [0.05, 0.1) is 22.3 Å². The first-order valence-electron chi connectivity index (χ1n) is 11.3. The van der Waals surface area contributed by atoms with Gasteiger partial charge in [0.2, 0.25) is 0 Å². The fraction of sp³-hybridized carbons (Fsp3) is 0.478. The zero-order valence-corrected chi connectivity index (χ0v) is 19.5. The predicted octanol–water partition coefficient (Wildman–Crippen LogP) is 4.63. The summed E-state index contributed by atoms with van der Waals surface area (Å²) in [4.78, 5) is 21.4. The molecule has 1 aromatic carbocycles. The Kier molecular flexibility index (Phi) is 6.79. The third kappa shape index (κ3) is 4.80. The number of fused-ring (bicyclic) bond motifs is 1. The number of para-hydroxylation sites is 1. The summed E-state index contributed by atoms with van der Waals surface area (Å²) in [7, 11) is 0. The standard InChI is InChI=1S/C23H30ClN7O/c1-4-25-23(32)28-16-11-9-15(10-12-16)27-21-17-13-26-31(19-8-6-5-7-18(19)24)22(17)30-20(29-21)14(2)3/h5-8,13-16H,4,9-12H2,1-3H3,(H2,25,28,32)(H,27,29,30). The van der Waals surface area contributed by atoms with Crippen LogP contribution in [0.15, 0.2) is 30.5 Å². The second kappa shape index (κ2) is 9.73. The quantitative estimate of drug-likeness (QED) is 0.503. The Morgan fingerprint density at radius 2 is 1.88 bits per heavy atom. The average molecular weight is 456 g/mol. The monoisotopic (exact) mass is 455 g/mol. The lowest BCUT2D eigenvalue weighted by Gasteiger charge is -2.30. The van der Waals surface area contributed by atoms with E-state index in [0.29, 0.717) is 11.6 Å². The number of aromatic nitrogens is 4. The fourth-order valence-electron chi connectivity index (χ4n) is 4.07. The van der Waals surface area contributed by atoms with Crippen LogP contribution < -0.4 is 16.0 Å². The Labute approximate surface area is 193 Å². The minimum absolute atomic E-state index is 0.0880. The molecule has 1 fully saturated rings. The van der Waals surface area contributed by atoms with Crippen molar-refractivity contribution in [3.05, 3.63) is 41.3 Å². The van der Waals surface area contributed by atoms with Gasteiger partial charge >= 0.3 is 6.03 Å². The van der Waals surface area contributed by atoms with Gasteiger partial charge in [-0.1, -0.05) is 37.6 Å². The number of carbonyl (C=O) groups is 1. The summed E-state index contributed by atoms with van der Waals surface area (Å²) in [6.07, 6.45) is 5.57. The lowest BCUT2D eigenvalue weighted by atomic mass is 9.91. The van der Waals surface area contributed by atoms with Gasteiger partial charge < -0.3 is 16.0 Å². The number of hydrogen-bond acceptors (Lipinski definition) is 5. The molecule has 2 aromatic heterocycles. The first-order chi connectivity index (χ1) is 15.5. The van der Waals surface area contributed by atoms with Gasteiger partial charge in [0.1, 0.15) is 11.6 Å². The molecule has 0 radical (unpaired) electrons. The van der Waals surface area contributed by atoms with Gasteiger partial charge in [-0.2, -0.15) is 5.10 Å². The van der Waals surface area contributed by atoms with Crippen LogP contribution in [0.1, 0.15) is 58.2 Å². The Balaban J connectivity index is 1.57. The van der Waals surface area contributed by atoms with Crippen molar-refractivity contribution >= 4 is 34.5 Å². The van der Waals surface area contributed by atoms with Crippen LogP contribution in [0.25, 0.3) is 16.7 Å². The Bertz CT molecular complexity index is 1090. The molecule has 0 bridgehead atoms. The van der Waals surface area contributed by atoms with E-state index >= 15 is 0 Å². The summed E-state index contributed by atoms with van der Waals surface area (Å²) >= 11 is 6.43. The first kappa shape index (κ1) is 22.3. The van der Waals surface area contributed by atoms with Crippen molar-refractivity contribution in [3.8, 4) is 5.69 Å². The second-order valence-electron chi connectivity index (χ2n) is 8.53. The van der Waals surface area contributed by atoms with E-state index < -0.39 is 0 Å². The Morgan fingerprint density at radius 3 is 2.56 bits per heavy atom. The molecule has 8 nitrogen and oxygen atoms in total. The van der Waals surface area contributed by atoms with E-state index in [1.54, 1.807) is 10.9 Å². The molecule has 2 heterocycles. The van der Waals surface area contributed by atoms with Crippen LogP contribution >= 0.6 is 11.6 Å². The Hall–Kier alpha value is -2.87. The van der Waals surface area contributed by atoms with E-state index in [9.17, 15) is 4.79 Å². The molecule has 0 unspecified atom stereocenters. The summed E-state index contributed by atoms with van der Waals surface area (Å²) in [6.45, 7) is 6.72. The minimum Gasteiger partial charge on any atom is -0.367 e. The molecule has 2 amide bonds. The maximum atomic E-state index is 11.8. The number of nitrogens with one attached hydrogen (secondary N) is 3. The predicted molar refractivity (Wildman–Crippen MR) is 128 cm³/mol. The Morgan fingerprint density at radius 1 is 1.16 bits per heavy atom. The van der Waals surface area contributed by atoms with Crippen LogP contribution in [-0.2, 0) is 0 Å². The van der Waals surface area contributed by atoms with Crippen molar-refractivity contribution in [2.24, 2.45) is 0 Å². The van der Waals surface area contributed by atoms with E-state index in [1.165, 1.54) is 0 Å². The van der Waals surface area contributed by atoms with Crippen LogP contribution in [0.5, 0.6) is 0 Å². The molecule has 3 N–H and O–H groups in total. The molecule has 4 rings (SSSR count). The molecule has 3 aromatic rings. The van der Waals surface area contributed by atoms with Crippen LogP contribution in [0.4, 0.5) is 10.6 Å². The normalized spacial score (nSPS) is 18.7. The molecule has 32 heavy (non-hydrogen) atoms. The number of hydrogen-bond donors (Lipinski definition) is 3. The van der Waals surface area contributed by atoms with Gasteiger partial charge in [0.25, 0.3) is 0 Å². The van der Waals surface area contributed by atoms with Gasteiger partial charge in [-0.3, -0.25) is 0 Å². The van der Waals surface area contributed by atoms with Crippen LogP contribution in [0.2, 0.25) is 5.02 Å². The number of urea groups is 1. The van der Waals surface area contributed by atoms with Crippen molar-refractivity contribution in [3.63, 3.8) is 0 Å². The van der Waals surface area contributed by atoms with Gasteiger partial charge in [-0.25, -0.2) is 19.4 Å². The van der Waals surface area contributed by atoms with Crippen molar-refractivity contribution in [1.82, 2.24) is 30.4 Å². The zero-order chi connectivity index (χ0) is 22.7. The summed E-state index contributed by atoms with van der Waals surface area (Å²) in [6, 6.07) is 8.02. The number of amides is 2. The van der Waals surface area contributed by atoms with Crippen molar-refractivity contribution in [2.75, 3.05) is 11.9 Å². The van der Waals surface area contributed by atoms with Gasteiger partial charge in [-0.05, 0) is 44.7 Å². The number of carbonyl (C=O) groups excluding carboxylic acids is 1. The largest absolute Gasteiger partial charge is 0.367 e. The van der Waals surface area contributed by atoms with Gasteiger partial charge in [0, 0.05) is 24.5 Å². The highest BCUT2D eigenvalue weighted by molar-refractivity contribution is 6.32. The van der Waals surface area contributed by atoms with Crippen LogP contribution in [-0.4, -0.2) is 44.4 Å². The van der Waals surface area contributed by atoms with Gasteiger partial charge in [0.15, 0.2) is 5.65 Å². The van der Waals surface area contributed by atoms with E-state index in [0.717, 1.165) is 54.0 Å². The van der Waals surface area contributed by atoms with Crippen molar-refractivity contribution in [1.29, 1.82) is 0 Å². The van der Waals surface area contributed by atoms with Crippen LogP contribution in [0.3, 0.4) is 0 Å². The molecular weight excluding hydrogens is 426 g/mol. The lowest BCUT2D eigenvalue weighted by molar-refractivity contribution is 0.232. The highest BCUT2D eigenvalue weighted by Gasteiger charge is 2.24. The SMILES string of the molecule is CCNC(=O)NC1CCC(Nc2nc(C(C)C)nc3c2cnn3-c2ccccc2Cl)CC1. The molecular formula is C23H30ClN7O. The summed E-state index contributed by atoms with van der Waals surface area (Å²) in [5.74, 6) is 1.74. The summed E-state index contributed by atoms with van der Waals surface area (Å²) in [5.41, 5.74) is 1.53. The molecule has 1 aliphatic carbocycles. The number of rotatable bonds is 6. The van der Waals surface area contributed by atoms with E-state index in [1.807, 2.05) is 31.2 Å². The fourth-order valence-corrected chi connectivity index (χ4v) is 4.28. The molecule has 0 aliphatic heterocycles. The second-order valence-corrected chi connectivity index (χ2v) is 8.93. The molecule has 0 spiro atoms. The third-order valence-corrected chi connectivity index (χ3v) is 6.10. The van der Waals surface area contributed by atoms with E-state index in [-0.39, 0.29) is 24.0 Å². The van der Waals surface area contributed by atoms with E-state index in [4.69, 9.17) is 21.6 Å². The topological polar surface area (TPSA) is 96.8 Å². The summed E-state index contributed by atoms with van der Waals surface area (Å²) < 4.78 is 1.78. The average Bonchev–Trinajstić information content (AvgIpc) is 3.20. The smallest absolute Gasteiger partial charge is 0.314 e. The van der Waals surface area contributed by atoms with E-state index in [2.05, 4.69) is 34.9 Å². The molecule has 9 heteroatoms. The molecule has 0 atom stereocenters. The van der Waals surface area contributed by atoms with Crippen LogP contribution in [0, 0.1) is 0 Å². The maximum Gasteiger partial charge on any atom is 0.314 e. The highest BCUT2D eigenvalue weighted by atomic mass is 35.5. The molecule has 1 saturated carbocycles. The summed E-state index contributed by atoms with van der Waals surface area (Å²) in [5, 5.41) is 15.6. The molecule has 170 valence electrons. The van der Waals surface area contributed by atoms with Crippen molar-refractivity contribution in [2.45, 2.75) is 64.5 Å². The molecule has 1 aliphatic rings. The highest BCUT2D eigenvalue weighted by Crippen LogP contribution is 2.30.